The van der Waals surface area contributed by atoms with Crippen LogP contribution in [0.2, 0.25) is 0 Å². The molecule has 0 aliphatic rings. The van der Waals surface area contributed by atoms with Gasteiger partial charge in [0.25, 0.3) is 0 Å². The molecule has 0 atom stereocenters. The van der Waals surface area contributed by atoms with Crippen LogP contribution in [0.1, 0.15) is 46.8 Å². The van der Waals surface area contributed by atoms with Gasteiger partial charge in [-0.05, 0) is 66.8 Å². The monoisotopic (exact) mass is 456 g/mol. The van der Waals surface area contributed by atoms with E-state index < -0.39 is 0 Å². The van der Waals surface area contributed by atoms with Gasteiger partial charge in [-0.3, -0.25) is 9.59 Å². The fraction of sp³-hybridized carbons (Fsp3) is 0.241. The first-order valence-electron chi connectivity index (χ1n) is 11.3. The standard InChI is InChI=1S/C29H28O5/c1-17(2)20-6-8-21(9-7-20)24(30)16-33-29-27(31)26-19(4)14-18(3)15-25(26)34-28(29)22-10-12-23(32-5)13-11-22/h6-15,17H,16H2,1-5H3. The second kappa shape index (κ2) is 9.56. The van der Waals surface area contributed by atoms with Gasteiger partial charge < -0.3 is 13.9 Å². The van der Waals surface area contributed by atoms with Crippen molar-refractivity contribution in [3.05, 3.63) is 93.1 Å². The van der Waals surface area contributed by atoms with Gasteiger partial charge in [0.2, 0.25) is 11.2 Å². The third-order valence-corrected chi connectivity index (χ3v) is 5.89. The number of hydrogen-bond acceptors (Lipinski definition) is 5. The highest BCUT2D eigenvalue weighted by atomic mass is 16.5. The molecule has 3 aromatic carbocycles. The van der Waals surface area contributed by atoms with Gasteiger partial charge in [0.15, 0.2) is 18.2 Å². The molecule has 0 fully saturated rings. The minimum atomic E-state index is -0.299. The Bertz CT molecular complexity index is 1390. The summed E-state index contributed by atoms with van der Waals surface area (Å²) in [7, 11) is 1.59. The Labute approximate surface area is 199 Å². The first-order valence-corrected chi connectivity index (χ1v) is 11.3. The van der Waals surface area contributed by atoms with Crippen LogP contribution < -0.4 is 14.9 Å². The second-order valence-electron chi connectivity index (χ2n) is 8.76. The topological polar surface area (TPSA) is 65.7 Å². The van der Waals surface area contributed by atoms with Crippen LogP contribution in [0.5, 0.6) is 11.5 Å². The lowest BCUT2D eigenvalue weighted by Gasteiger charge is -2.13. The lowest BCUT2D eigenvalue weighted by atomic mass is 10.0. The Hall–Kier alpha value is -3.86. The van der Waals surface area contributed by atoms with Crippen LogP contribution >= 0.6 is 0 Å². The Morgan fingerprint density at radius 2 is 1.65 bits per heavy atom. The summed E-state index contributed by atoms with van der Waals surface area (Å²) < 4.78 is 17.3. The molecule has 0 aliphatic heterocycles. The number of rotatable bonds is 7. The third kappa shape index (κ3) is 4.60. The normalized spacial score (nSPS) is 11.1. The fourth-order valence-corrected chi connectivity index (χ4v) is 4.01. The van der Waals surface area contributed by atoms with Crippen LogP contribution in [0.15, 0.2) is 69.9 Å². The summed E-state index contributed by atoms with van der Waals surface area (Å²) in [6.07, 6.45) is 0. The second-order valence-corrected chi connectivity index (χ2v) is 8.76. The quantitative estimate of drug-likeness (QED) is 0.298. The van der Waals surface area contributed by atoms with Gasteiger partial charge in [0.05, 0.1) is 12.5 Å². The minimum absolute atomic E-state index is 0.0248. The molecular formula is C29H28O5. The maximum absolute atomic E-state index is 13.5. The maximum atomic E-state index is 13.5. The number of carbonyl (C=O) groups is 1. The van der Waals surface area contributed by atoms with E-state index in [0.29, 0.717) is 33.8 Å². The van der Waals surface area contributed by atoms with Crippen molar-refractivity contribution < 1.29 is 18.7 Å². The molecule has 0 radical (unpaired) electrons. The van der Waals surface area contributed by atoms with Crippen molar-refractivity contribution in [2.75, 3.05) is 13.7 Å². The molecule has 5 nitrogen and oxygen atoms in total. The number of ketones is 1. The SMILES string of the molecule is COc1ccc(-c2oc3cc(C)cc(C)c3c(=O)c2OCC(=O)c2ccc(C(C)C)cc2)cc1. The Morgan fingerprint density at radius 1 is 0.971 bits per heavy atom. The molecular weight excluding hydrogens is 428 g/mol. The Balaban J connectivity index is 1.75. The van der Waals surface area contributed by atoms with Crippen molar-refractivity contribution in [1.29, 1.82) is 0 Å². The number of Topliss-reactive ketones (excluding diaryl/α,β-unsaturated/α-hetero) is 1. The van der Waals surface area contributed by atoms with Crippen molar-refractivity contribution >= 4 is 16.8 Å². The lowest BCUT2D eigenvalue weighted by Crippen LogP contribution is -2.17. The summed E-state index contributed by atoms with van der Waals surface area (Å²) in [6, 6.07) is 18.4. The van der Waals surface area contributed by atoms with Crippen LogP contribution in [0, 0.1) is 13.8 Å². The number of ether oxygens (including phenoxy) is 2. The van der Waals surface area contributed by atoms with E-state index in [1.807, 2.05) is 38.1 Å². The van der Waals surface area contributed by atoms with E-state index in [-0.39, 0.29) is 29.3 Å². The van der Waals surface area contributed by atoms with Crippen molar-refractivity contribution in [1.82, 2.24) is 0 Å². The van der Waals surface area contributed by atoms with Crippen LogP contribution in [0.4, 0.5) is 0 Å². The van der Waals surface area contributed by atoms with E-state index in [2.05, 4.69) is 13.8 Å². The zero-order valence-electron chi connectivity index (χ0n) is 20.1. The van der Waals surface area contributed by atoms with E-state index >= 15 is 0 Å². The number of hydrogen-bond donors (Lipinski definition) is 0. The van der Waals surface area contributed by atoms with Gasteiger partial charge in [-0.25, -0.2) is 0 Å². The zero-order valence-corrected chi connectivity index (χ0v) is 20.1. The van der Waals surface area contributed by atoms with Crippen LogP contribution in [0.25, 0.3) is 22.3 Å². The molecule has 0 bridgehead atoms. The molecule has 0 aliphatic carbocycles. The van der Waals surface area contributed by atoms with E-state index in [1.54, 1.807) is 43.5 Å². The largest absolute Gasteiger partial charge is 0.497 e. The van der Waals surface area contributed by atoms with Gasteiger partial charge in [-0.15, -0.1) is 0 Å². The van der Waals surface area contributed by atoms with Crippen molar-refractivity contribution in [2.24, 2.45) is 0 Å². The summed E-state index contributed by atoms with van der Waals surface area (Å²) in [5.74, 6) is 1.16. The van der Waals surface area contributed by atoms with Crippen molar-refractivity contribution in [3.63, 3.8) is 0 Å². The molecule has 0 saturated carbocycles. The molecule has 0 unspecified atom stereocenters. The number of aryl methyl sites for hydroxylation is 2. The van der Waals surface area contributed by atoms with Crippen molar-refractivity contribution in [2.45, 2.75) is 33.6 Å². The van der Waals surface area contributed by atoms with E-state index in [9.17, 15) is 9.59 Å². The maximum Gasteiger partial charge on any atom is 0.235 e. The summed E-state index contributed by atoms with van der Waals surface area (Å²) >= 11 is 0. The molecule has 4 aromatic rings. The summed E-state index contributed by atoms with van der Waals surface area (Å²) in [4.78, 5) is 26.4. The third-order valence-electron chi connectivity index (χ3n) is 5.89. The molecule has 5 heteroatoms. The van der Waals surface area contributed by atoms with Gasteiger partial charge in [-0.1, -0.05) is 44.2 Å². The zero-order chi connectivity index (χ0) is 24.4. The Morgan fingerprint density at radius 3 is 2.26 bits per heavy atom. The first kappa shape index (κ1) is 23.3. The molecule has 174 valence electrons. The molecule has 1 aromatic heterocycles. The van der Waals surface area contributed by atoms with E-state index in [1.165, 1.54) is 0 Å². The predicted octanol–water partition coefficient (Wildman–Crippen LogP) is 6.47. The van der Waals surface area contributed by atoms with Crippen molar-refractivity contribution in [3.8, 4) is 22.8 Å². The highest BCUT2D eigenvalue weighted by Crippen LogP contribution is 2.33. The molecule has 0 amide bonds. The van der Waals surface area contributed by atoms with Gasteiger partial charge in [0.1, 0.15) is 11.3 Å². The average Bonchev–Trinajstić information content (AvgIpc) is 2.82. The van der Waals surface area contributed by atoms with Crippen LogP contribution in [0.3, 0.4) is 0 Å². The smallest absolute Gasteiger partial charge is 0.235 e. The molecule has 4 rings (SSSR count). The highest BCUT2D eigenvalue weighted by molar-refractivity contribution is 5.97. The van der Waals surface area contributed by atoms with Crippen LogP contribution in [-0.2, 0) is 0 Å². The summed E-state index contributed by atoms with van der Waals surface area (Å²) in [5.41, 5.74) is 4.31. The molecule has 0 saturated heterocycles. The molecule has 34 heavy (non-hydrogen) atoms. The molecule has 0 spiro atoms. The number of fused-ring (bicyclic) bond motifs is 1. The molecule has 0 N–H and O–H groups in total. The number of carbonyl (C=O) groups excluding carboxylic acids is 1. The van der Waals surface area contributed by atoms with Gasteiger partial charge in [-0.2, -0.15) is 0 Å². The predicted molar refractivity (Wildman–Crippen MR) is 134 cm³/mol. The lowest BCUT2D eigenvalue weighted by molar-refractivity contribution is 0.0920. The van der Waals surface area contributed by atoms with Gasteiger partial charge in [0, 0.05) is 11.1 Å². The first-order chi connectivity index (χ1) is 16.3. The minimum Gasteiger partial charge on any atom is -0.497 e. The number of methoxy groups -OCH3 is 1. The van der Waals surface area contributed by atoms with Crippen LogP contribution in [-0.4, -0.2) is 19.5 Å². The van der Waals surface area contributed by atoms with E-state index in [4.69, 9.17) is 13.9 Å². The Kier molecular flexibility index (Phi) is 6.55. The molecule has 1 heterocycles. The number of benzene rings is 3. The summed E-state index contributed by atoms with van der Waals surface area (Å²) in [6.45, 7) is 7.75. The summed E-state index contributed by atoms with van der Waals surface area (Å²) in [5, 5.41) is 0.451. The van der Waals surface area contributed by atoms with E-state index in [0.717, 1.165) is 16.7 Å². The highest BCUT2D eigenvalue weighted by Gasteiger charge is 2.21. The fourth-order valence-electron chi connectivity index (χ4n) is 4.01. The van der Waals surface area contributed by atoms with Gasteiger partial charge >= 0.3 is 0 Å². The average molecular weight is 457 g/mol.